The molecule has 0 aliphatic carbocycles. The topological polar surface area (TPSA) is 507 Å². The summed E-state index contributed by atoms with van der Waals surface area (Å²) < 4.78 is 72.8. The third kappa shape index (κ3) is 31.7. The molecule has 12 rings (SSSR count). The Labute approximate surface area is 668 Å². The Hall–Kier alpha value is -8.31. The van der Waals surface area contributed by atoms with E-state index < -0.39 is 50.5 Å². The van der Waals surface area contributed by atoms with Crippen LogP contribution in [0, 0.1) is 6.92 Å². The first-order valence-electron chi connectivity index (χ1n) is 28.9. The van der Waals surface area contributed by atoms with Crippen LogP contribution in [-0.2, 0) is 51.2 Å². The van der Waals surface area contributed by atoms with E-state index in [0.717, 1.165) is 39.2 Å². The van der Waals surface area contributed by atoms with Crippen LogP contribution in [0.15, 0.2) is 184 Å². The van der Waals surface area contributed by atoms with Gasteiger partial charge in [0.25, 0.3) is 17.7 Å². The second-order valence-electron chi connectivity index (χ2n) is 18.7. The number of benzene rings is 4. The van der Waals surface area contributed by atoms with Gasteiger partial charge in [-0.1, -0.05) is 52.7 Å². The number of carbonyl (C=O) groups is 4. The van der Waals surface area contributed by atoms with Crippen LogP contribution in [-0.4, -0.2) is 114 Å². The number of carbonyl (C=O) groups excluding carboxylic acids is 3. The number of aromatic nitrogens is 12. The number of sulfone groups is 2. The normalized spacial score (nSPS) is 11.6. The quantitative estimate of drug-likeness (QED) is 0.0149. The number of halogens is 8. The number of amides is 3. The minimum absolute atomic E-state index is 0. The molecule has 546 valence electrons. The van der Waals surface area contributed by atoms with Crippen LogP contribution in [0.4, 0.5) is 15.8 Å². The Morgan fingerprint density at radius 1 is 0.600 bits per heavy atom. The maximum Gasteiger partial charge on any atom is 1.00 e. The van der Waals surface area contributed by atoms with Gasteiger partial charge in [-0.2, -0.15) is 0 Å². The molecule has 4 aromatic carbocycles. The molecule has 0 fully saturated rings. The number of nitrogens with one attached hydrogen (secondary N) is 3. The van der Waals surface area contributed by atoms with Crippen molar-refractivity contribution in [1.29, 1.82) is 1.28 Å². The number of carboxylic acids is 1. The number of nitrogens with zero attached hydrogens (tertiary/aromatic N) is 18. The van der Waals surface area contributed by atoms with Crippen molar-refractivity contribution in [3.05, 3.63) is 273 Å². The molecule has 45 heteroatoms. The number of fused-ring (bicyclic) bond motifs is 4. The zero-order valence-electron chi connectivity index (χ0n) is 55.6. The number of anilines is 2. The molecule has 32 nitrogen and oxygen atoms in total. The molecule has 0 bridgehead atoms. The fourth-order valence-corrected chi connectivity index (χ4v) is 11.4. The molecule has 2 aliphatic rings. The van der Waals surface area contributed by atoms with E-state index in [2.05, 4.69) is 111 Å². The molecular formula is C60H58BrCl6FN23NaO9P2S2. The van der Waals surface area contributed by atoms with Crippen LogP contribution >= 0.6 is 103 Å². The molecule has 0 spiro atoms. The largest absolute Gasteiger partial charge is 1.00 e. The van der Waals surface area contributed by atoms with E-state index in [0.29, 0.717) is 29.2 Å². The molecule has 10 aromatic rings. The second kappa shape index (κ2) is 50.2. The van der Waals surface area contributed by atoms with Gasteiger partial charge in [-0.05, 0) is 159 Å². The SMILES string of the molecule is C.Cc1cnc(Cl)nc1.Clc1ncc(CBr)cn1.NCc1cnc(Cl)nc1.NCc1cnc(Cl)nc1.O=C(NCc1cnc(Cl)nc1)c1ccc2c(c1)NC(=O)c1ccccc1S2(=O)=O.O=C(O)c1ccc2c(c1)NC(=O)c1ccccc1S2(=O)=O.[2H]CF.[3H]PP.[N-]=[N+]=NCc1cnc(Cl)nc1.[N-]=[N+]=[N-].[Na+]. The molecule has 3 amide bonds. The molecule has 6 aromatic heterocycles. The van der Waals surface area contributed by atoms with E-state index in [-0.39, 0.29) is 133 Å². The minimum atomic E-state index is -3.92. The smallest absolute Gasteiger partial charge is 0.478 e. The fraction of sp³-hybridized carbons (Fsp3) is 0.133. The Morgan fingerprint density at radius 2 is 0.914 bits per heavy atom. The van der Waals surface area contributed by atoms with Gasteiger partial charge in [-0.25, -0.2) is 81.4 Å². The van der Waals surface area contributed by atoms with Gasteiger partial charge in [0.15, 0.2) is 0 Å². The maximum absolute atomic E-state index is 13.0. The van der Waals surface area contributed by atoms with Crippen molar-refractivity contribution in [3.8, 4) is 0 Å². The van der Waals surface area contributed by atoms with Crippen LogP contribution in [0.25, 0.3) is 26.4 Å². The van der Waals surface area contributed by atoms with Gasteiger partial charge in [0.05, 0.1) is 64.0 Å². The Bertz CT molecular complexity index is 4690. The number of azide groups is 1. The maximum atomic E-state index is 13.0. The first-order valence-corrected chi connectivity index (χ1v) is 36.3. The van der Waals surface area contributed by atoms with Crippen LogP contribution in [0.5, 0.6) is 0 Å². The predicted octanol–water partition coefficient (Wildman–Crippen LogP) is 10.6. The zero-order chi connectivity index (χ0) is 78.1. The average molecular weight is 1710 g/mol. The summed E-state index contributed by atoms with van der Waals surface area (Å²) in [6, 6.07) is 19.4. The summed E-state index contributed by atoms with van der Waals surface area (Å²) in [6.07, 6.45) is 19.1. The van der Waals surface area contributed by atoms with Crippen molar-refractivity contribution in [2.45, 2.75) is 65.4 Å². The molecule has 0 saturated carbocycles. The van der Waals surface area contributed by atoms with Crippen LogP contribution in [0.2, 0.25) is 31.7 Å². The summed E-state index contributed by atoms with van der Waals surface area (Å²) in [5.41, 5.74) is 37.4. The molecule has 2 aliphatic heterocycles. The van der Waals surface area contributed by atoms with Crippen LogP contribution in [0.3, 0.4) is 0 Å². The molecular weight excluding hydrogens is 1650 g/mol. The van der Waals surface area contributed by atoms with E-state index in [1.165, 1.54) is 90.4 Å². The number of rotatable bonds is 9. The van der Waals surface area contributed by atoms with Gasteiger partial charge in [0.2, 0.25) is 51.4 Å². The van der Waals surface area contributed by atoms with Crippen molar-refractivity contribution < 1.29 is 76.4 Å². The van der Waals surface area contributed by atoms with Crippen molar-refractivity contribution in [2.75, 3.05) is 17.8 Å². The van der Waals surface area contributed by atoms with Crippen molar-refractivity contribution >= 4 is 158 Å². The number of aromatic carboxylic acids is 1. The van der Waals surface area contributed by atoms with Gasteiger partial charge in [-0.3, -0.25) is 23.7 Å². The summed E-state index contributed by atoms with van der Waals surface area (Å²) in [6.45, 7) is 3.24. The minimum Gasteiger partial charge on any atom is -0.478 e. The van der Waals surface area contributed by atoms with Gasteiger partial charge in [-0.15, -0.1) is 17.8 Å². The van der Waals surface area contributed by atoms with Gasteiger partial charge < -0.3 is 43.6 Å². The van der Waals surface area contributed by atoms with Gasteiger partial charge in [0.1, 0.15) is 0 Å². The molecule has 8 N–H and O–H groups in total. The van der Waals surface area contributed by atoms with E-state index in [1.807, 2.05) is 6.92 Å². The van der Waals surface area contributed by atoms with E-state index >= 15 is 0 Å². The fourth-order valence-electron chi connectivity index (χ4n) is 7.31. The standard InChI is InChI=1S/C19H13ClN4O4S.C14H9NO5S.C5H4BrClN2.C5H4ClN5.2C5H6ClN3.C5H5ClN2.CH3F.CH4.N3.Na.H4P2/c20-19-22-9-11(10-23-19)8-21-17(25)12-5-6-16-14(7-12)24-18(26)13-3-1-2-4-15(13)29(16,27)28;16-13-9-3-1-2-4-11(9)21(19,20)12-6-5-8(14(17)18)7-10(12)15-13;6-1-4-2-8-5(7)9-3-4;6-5-8-1-4(2-9-5)3-10-11-7;2*6-5-8-2-4(1-7)3-9-5;1-4-2-7-5(6)8-3-4;1-2;;1-3-2;;1-2/h1-7,9-10H,8H2,(H,21,25)(H,24,26);1-7H,(H,15,16)(H,17,18);2-3H,1H2;1-2H,3H2;2*2-3H,1,7H2;2-3H,1H3;1H3;1H4;;;1-2H2/q;;;;;;;;;-1;+1;/i;;;;;;;1D;;;;1T. The summed E-state index contributed by atoms with van der Waals surface area (Å²) in [4.78, 5) is 96.8. The molecule has 0 saturated heterocycles. The molecule has 105 heavy (non-hydrogen) atoms. The number of nitrogens with two attached hydrogens (primary N) is 2. The Morgan fingerprint density at radius 3 is 1.25 bits per heavy atom. The van der Waals surface area contributed by atoms with Gasteiger partial charge in [0, 0.05) is 126 Å². The van der Waals surface area contributed by atoms with Crippen LogP contribution in [0.1, 0.15) is 83.6 Å². The van der Waals surface area contributed by atoms with E-state index in [9.17, 15) is 40.4 Å². The summed E-state index contributed by atoms with van der Waals surface area (Å²) in [5.74, 6) is -2.79. The van der Waals surface area contributed by atoms with E-state index in [1.54, 1.807) is 67.8 Å². The number of hydrogen-bond donors (Lipinski definition) is 6. The molecule has 0 radical (unpaired) electrons. The second-order valence-corrected chi connectivity index (χ2v) is 25.0. The molecule has 8 heterocycles. The first kappa shape index (κ1) is 90.9. The summed E-state index contributed by atoms with van der Waals surface area (Å²) >= 11 is 35.9. The van der Waals surface area contributed by atoms with Crippen LogP contribution < -0.4 is 57.0 Å². The third-order valence-corrected chi connectivity index (χ3v) is 17.5. The Kier molecular flexibility index (Phi) is 43.5. The van der Waals surface area contributed by atoms with Crippen molar-refractivity contribution in [2.24, 2.45) is 16.6 Å². The number of alkyl halides is 2. The monoisotopic (exact) mass is 1700 g/mol. The summed E-state index contributed by atoms with van der Waals surface area (Å²) in [5, 5.41) is 22.2. The average Bonchev–Trinajstić information content (AvgIpc) is 1.66. The van der Waals surface area contributed by atoms with E-state index in [4.69, 9.17) is 105 Å². The number of aryl methyl sites for hydroxylation is 1. The van der Waals surface area contributed by atoms with Gasteiger partial charge >= 0.3 is 35.5 Å². The summed E-state index contributed by atoms with van der Waals surface area (Å²) in [7, 11) is -6.28. The first-order chi connectivity index (χ1) is 50.1. The van der Waals surface area contributed by atoms with Crippen molar-refractivity contribution in [1.82, 2.24) is 65.1 Å². The Balaban J connectivity index is 0.000000645. The predicted molar refractivity (Wildman–Crippen MR) is 402 cm³/mol. The molecule has 2 atom stereocenters. The number of carboxylic acid groups (broad SMARTS) is 1. The number of hydrogen-bond acceptors (Lipinski definition) is 23. The zero-order valence-corrected chi connectivity index (χ0v) is 65.5. The van der Waals surface area contributed by atoms with Crippen molar-refractivity contribution in [3.63, 3.8) is 0 Å². The molecule has 2 unspecified atom stereocenters. The third-order valence-electron chi connectivity index (χ3n) is 11.9.